The molecule has 0 radical (unpaired) electrons. The van der Waals surface area contributed by atoms with Gasteiger partial charge in [-0.3, -0.25) is 4.79 Å². The van der Waals surface area contributed by atoms with Crippen LogP contribution in [0.2, 0.25) is 0 Å². The van der Waals surface area contributed by atoms with Crippen molar-refractivity contribution in [2.45, 2.75) is 27.2 Å². The van der Waals surface area contributed by atoms with Crippen molar-refractivity contribution in [3.8, 4) is 11.8 Å². The number of nitrogens with one attached hydrogen (secondary N) is 1. The molecule has 0 aliphatic heterocycles. The number of anilines is 1. The van der Waals surface area contributed by atoms with E-state index in [1.807, 2.05) is 20.8 Å². The summed E-state index contributed by atoms with van der Waals surface area (Å²) in [5, 5.41) is 12.2. The summed E-state index contributed by atoms with van der Waals surface area (Å²) in [6.45, 7) is 6.26. The zero-order chi connectivity index (χ0) is 16.0. The molecule has 7 heteroatoms. The highest BCUT2D eigenvalue weighted by molar-refractivity contribution is 5.70. The van der Waals surface area contributed by atoms with Gasteiger partial charge in [-0.1, -0.05) is 20.8 Å². The molecular weight excluding hydrogens is 274 g/mol. The van der Waals surface area contributed by atoms with Gasteiger partial charge < -0.3 is 19.9 Å². The topological polar surface area (TPSA) is 93.6 Å². The van der Waals surface area contributed by atoms with E-state index in [1.165, 1.54) is 14.2 Å². The van der Waals surface area contributed by atoms with Crippen molar-refractivity contribution in [1.29, 1.82) is 0 Å². The molecule has 0 amide bonds. The van der Waals surface area contributed by atoms with Crippen LogP contribution in [-0.4, -0.2) is 41.8 Å². The van der Waals surface area contributed by atoms with Gasteiger partial charge in [0.05, 0.1) is 26.2 Å². The number of carbonyl (C=O) groups is 1. The third-order valence-corrected chi connectivity index (χ3v) is 2.81. The van der Waals surface area contributed by atoms with E-state index in [-0.39, 0.29) is 17.9 Å². The van der Waals surface area contributed by atoms with Crippen molar-refractivity contribution in [3.05, 3.63) is 6.07 Å². The van der Waals surface area contributed by atoms with E-state index in [2.05, 4.69) is 15.3 Å². The molecule has 0 spiro atoms. The second-order valence-electron chi connectivity index (χ2n) is 5.96. The van der Waals surface area contributed by atoms with Gasteiger partial charge in [0.15, 0.2) is 0 Å². The predicted molar refractivity (Wildman–Crippen MR) is 78.8 cm³/mol. The molecule has 7 nitrogen and oxygen atoms in total. The SMILES string of the molecule is COc1cc(OC)nc(NCC(CC(C)(C)C)C(=O)O)n1. The Hall–Kier alpha value is -2.05. The molecule has 2 N–H and O–H groups in total. The van der Waals surface area contributed by atoms with Crippen LogP contribution in [0.4, 0.5) is 5.95 Å². The second-order valence-corrected chi connectivity index (χ2v) is 5.96. The molecule has 1 rings (SSSR count). The van der Waals surface area contributed by atoms with Crippen molar-refractivity contribution >= 4 is 11.9 Å². The number of aromatic nitrogens is 2. The largest absolute Gasteiger partial charge is 0.481 e. The third kappa shape index (κ3) is 5.85. The van der Waals surface area contributed by atoms with Crippen molar-refractivity contribution in [1.82, 2.24) is 9.97 Å². The molecule has 1 aromatic rings. The molecule has 1 aromatic heterocycles. The van der Waals surface area contributed by atoms with E-state index in [0.717, 1.165) is 0 Å². The van der Waals surface area contributed by atoms with Gasteiger partial charge in [0, 0.05) is 6.54 Å². The molecule has 0 saturated carbocycles. The number of methoxy groups -OCH3 is 2. The van der Waals surface area contributed by atoms with Crippen molar-refractivity contribution in [2.24, 2.45) is 11.3 Å². The van der Waals surface area contributed by atoms with Crippen LogP contribution < -0.4 is 14.8 Å². The third-order valence-electron chi connectivity index (χ3n) is 2.81. The van der Waals surface area contributed by atoms with Crippen LogP contribution in [0.1, 0.15) is 27.2 Å². The fraction of sp³-hybridized carbons (Fsp3) is 0.643. The van der Waals surface area contributed by atoms with Gasteiger partial charge in [-0.05, 0) is 11.8 Å². The number of carboxylic acid groups (broad SMARTS) is 1. The average molecular weight is 297 g/mol. The van der Waals surface area contributed by atoms with Crippen LogP contribution in [0.25, 0.3) is 0 Å². The Bertz CT molecular complexity index is 463. The van der Waals surface area contributed by atoms with E-state index in [1.54, 1.807) is 6.07 Å². The van der Waals surface area contributed by atoms with E-state index < -0.39 is 11.9 Å². The molecule has 0 aliphatic rings. The lowest BCUT2D eigenvalue weighted by Gasteiger charge is -2.23. The molecule has 1 atom stereocenters. The highest BCUT2D eigenvalue weighted by atomic mass is 16.5. The summed E-state index contributed by atoms with van der Waals surface area (Å²) in [6, 6.07) is 1.55. The van der Waals surface area contributed by atoms with Crippen molar-refractivity contribution in [3.63, 3.8) is 0 Å². The Balaban J connectivity index is 2.78. The minimum absolute atomic E-state index is 0.0718. The van der Waals surface area contributed by atoms with Crippen LogP contribution in [0.3, 0.4) is 0 Å². The van der Waals surface area contributed by atoms with Gasteiger partial charge in [0.25, 0.3) is 0 Å². The van der Waals surface area contributed by atoms with Crippen LogP contribution in [-0.2, 0) is 4.79 Å². The molecule has 1 heterocycles. The fourth-order valence-corrected chi connectivity index (χ4v) is 1.89. The summed E-state index contributed by atoms with van der Waals surface area (Å²) < 4.78 is 10.1. The lowest BCUT2D eigenvalue weighted by atomic mass is 9.84. The van der Waals surface area contributed by atoms with Gasteiger partial charge in [-0.25, -0.2) is 0 Å². The first-order valence-electron chi connectivity index (χ1n) is 6.69. The smallest absolute Gasteiger partial charge is 0.308 e. The van der Waals surface area contributed by atoms with Crippen LogP contribution in [0.5, 0.6) is 11.8 Å². The van der Waals surface area contributed by atoms with Gasteiger partial charge >= 0.3 is 5.97 Å². The van der Waals surface area contributed by atoms with Crippen LogP contribution in [0, 0.1) is 11.3 Å². The number of ether oxygens (including phenoxy) is 2. The Morgan fingerprint density at radius 2 is 1.81 bits per heavy atom. The quantitative estimate of drug-likeness (QED) is 0.795. The fourth-order valence-electron chi connectivity index (χ4n) is 1.89. The first kappa shape index (κ1) is 17.0. The predicted octanol–water partition coefficient (Wildman–Crippen LogP) is 2.04. The Labute approximate surface area is 124 Å². The number of nitrogens with zero attached hydrogens (tertiary/aromatic N) is 2. The zero-order valence-electron chi connectivity index (χ0n) is 13.1. The first-order chi connectivity index (χ1) is 9.75. The molecule has 1 unspecified atom stereocenters. The maximum atomic E-state index is 11.3. The zero-order valence-corrected chi connectivity index (χ0v) is 13.1. The summed E-state index contributed by atoms with van der Waals surface area (Å²) >= 11 is 0. The first-order valence-corrected chi connectivity index (χ1v) is 6.69. The van der Waals surface area contributed by atoms with Gasteiger partial charge in [0.2, 0.25) is 17.7 Å². The standard InChI is InChI=1S/C14H23N3O4/c1-14(2,3)7-9(12(18)19)8-15-13-16-10(20-4)6-11(17-13)21-5/h6,9H,7-8H2,1-5H3,(H,18,19)(H,15,16,17). The molecule has 118 valence electrons. The van der Waals surface area contributed by atoms with E-state index in [9.17, 15) is 9.90 Å². The second kappa shape index (κ2) is 7.10. The number of hydrogen-bond acceptors (Lipinski definition) is 6. The summed E-state index contributed by atoms with van der Waals surface area (Å²) in [6.07, 6.45) is 0.552. The van der Waals surface area contributed by atoms with Gasteiger partial charge in [-0.15, -0.1) is 0 Å². The molecular formula is C14H23N3O4. The average Bonchev–Trinajstić information content (AvgIpc) is 2.41. The van der Waals surface area contributed by atoms with Crippen molar-refractivity contribution in [2.75, 3.05) is 26.1 Å². The summed E-state index contributed by atoms with van der Waals surface area (Å²) in [5.74, 6) is -0.372. The van der Waals surface area contributed by atoms with Gasteiger partial charge in [0.1, 0.15) is 0 Å². The van der Waals surface area contributed by atoms with Crippen molar-refractivity contribution < 1.29 is 19.4 Å². The Morgan fingerprint density at radius 3 is 2.19 bits per heavy atom. The Kier molecular flexibility index (Phi) is 5.75. The molecule has 0 saturated heterocycles. The minimum atomic E-state index is -0.840. The summed E-state index contributed by atoms with van der Waals surface area (Å²) in [7, 11) is 2.98. The van der Waals surface area contributed by atoms with E-state index in [0.29, 0.717) is 18.2 Å². The highest BCUT2D eigenvalue weighted by Gasteiger charge is 2.24. The molecule has 0 bridgehead atoms. The lowest BCUT2D eigenvalue weighted by Crippen LogP contribution is -2.28. The van der Waals surface area contributed by atoms with E-state index in [4.69, 9.17) is 9.47 Å². The molecule has 0 aromatic carbocycles. The molecule has 21 heavy (non-hydrogen) atoms. The maximum Gasteiger partial charge on any atom is 0.308 e. The number of rotatable bonds is 7. The number of aliphatic carboxylic acids is 1. The molecule has 0 fully saturated rings. The number of carboxylic acids is 1. The number of hydrogen-bond donors (Lipinski definition) is 2. The lowest BCUT2D eigenvalue weighted by molar-refractivity contribution is -0.142. The van der Waals surface area contributed by atoms with Gasteiger partial charge in [-0.2, -0.15) is 9.97 Å². The highest BCUT2D eigenvalue weighted by Crippen LogP contribution is 2.25. The summed E-state index contributed by atoms with van der Waals surface area (Å²) in [5.41, 5.74) is -0.0718. The monoisotopic (exact) mass is 297 g/mol. The Morgan fingerprint density at radius 1 is 1.29 bits per heavy atom. The summed E-state index contributed by atoms with van der Waals surface area (Å²) in [4.78, 5) is 19.5. The van der Waals surface area contributed by atoms with Crippen LogP contribution in [0.15, 0.2) is 6.07 Å². The normalized spacial score (nSPS) is 12.6. The van der Waals surface area contributed by atoms with E-state index >= 15 is 0 Å². The van der Waals surface area contributed by atoms with Crippen LogP contribution >= 0.6 is 0 Å². The maximum absolute atomic E-state index is 11.3. The minimum Gasteiger partial charge on any atom is -0.481 e. The molecule has 0 aliphatic carbocycles.